The van der Waals surface area contributed by atoms with E-state index in [1.807, 2.05) is 62.4 Å². The molecule has 4 rings (SSSR count). The zero-order valence-electron chi connectivity index (χ0n) is 16.0. The van der Waals surface area contributed by atoms with Crippen molar-refractivity contribution in [1.29, 1.82) is 0 Å². The Kier molecular flexibility index (Phi) is 5.27. The lowest BCUT2D eigenvalue weighted by Gasteiger charge is -2.14. The lowest BCUT2D eigenvalue weighted by Crippen LogP contribution is -2.15. The summed E-state index contributed by atoms with van der Waals surface area (Å²) in [5.41, 5.74) is 5.46. The molecule has 29 heavy (non-hydrogen) atoms. The minimum absolute atomic E-state index is 0.188. The van der Waals surface area contributed by atoms with E-state index >= 15 is 0 Å². The molecule has 144 valence electrons. The predicted molar refractivity (Wildman–Crippen MR) is 121 cm³/mol. The summed E-state index contributed by atoms with van der Waals surface area (Å²) in [6.07, 6.45) is 0. The molecule has 0 atom stereocenters. The second-order valence-electron chi connectivity index (χ2n) is 6.92. The summed E-state index contributed by atoms with van der Waals surface area (Å²) in [7, 11) is 0. The zero-order chi connectivity index (χ0) is 20.5. The minimum Gasteiger partial charge on any atom is -0.321 e. The number of rotatable bonds is 3. The molecule has 0 aliphatic carbocycles. The van der Waals surface area contributed by atoms with Crippen molar-refractivity contribution < 1.29 is 4.79 Å². The van der Waals surface area contributed by atoms with Crippen LogP contribution in [0.1, 0.15) is 21.5 Å². The van der Waals surface area contributed by atoms with Crippen LogP contribution in [-0.4, -0.2) is 10.9 Å². The maximum Gasteiger partial charge on any atom is 0.256 e. The SMILES string of the molecule is Cc1cccc(C)c1NC(=O)c1cc(-c2ccc(Cl)cc2Cl)nc2ccccc12. The molecule has 1 heterocycles. The Bertz CT molecular complexity index is 1230. The molecule has 0 saturated carbocycles. The molecule has 3 nitrogen and oxygen atoms in total. The number of para-hydroxylation sites is 2. The highest BCUT2D eigenvalue weighted by molar-refractivity contribution is 6.36. The van der Waals surface area contributed by atoms with Gasteiger partial charge < -0.3 is 5.32 Å². The van der Waals surface area contributed by atoms with Crippen LogP contribution in [0.4, 0.5) is 5.69 Å². The van der Waals surface area contributed by atoms with Crippen molar-refractivity contribution in [2.24, 2.45) is 0 Å². The number of carbonyl (C=O) groups is 1. The summed E-state index contributed by atoms with van der Waals surface area (Å²) in [6, 6.07) is 20.5. The van der Waals surface area contributed by atoms with E-state index in [4.69, 9.17) is 28.2 Å². The maximum absolute atomic E-state index is 13.3. The summed E-state index contributed by atoms with van der Waals surface area (Å²) in [6.45, 7) is 3.96. The number of halogens is 2. The van der Waals surface area contributed by atoms with Crippen molar-refractivity contribution in [1.82, 2.24) is 4.98 Å². The minimum atomic E-state index is -0.188. The largest absolute Gasteiger partial charge is 0.321 e. The number of carbonyl (C=O) groups excluding carboxylic acids is 1. The van der Waals surface area contributed by atoms with Gasteiger partial charge in [-0.05, 0) is 55.3 Å². The van der Waals surface area contributed by atoms with Gasteiger partial charge in [-0.3, -0.25) is 4.79 Å². The Hall–Kier alpha value is -2.88. The van der Waals surface area contributed by atoms with Crippen LogP contribution in [0.5, 0.6) is 0 Å². The zero-order valence-corrected chi connectivity index (χ0v) is 17.5. The summed E-state index contributed by atoms with van der Waals surface area (Å²) >= 11 is 12.4. The van der Waals surface area contributed by atoms with Crippen molar-refractivity contribution in [3.05, 3.63) is 93.5 Å². The average Bonchev–Trinajstić information content (AvgIpc) is 2.70. The molecule has 0 radical (unpaired) electrons. The van der Waals surface area contributed by atoms with Crippen LogP contribution in [0.3, 0.4) is 0 Å². The van der Waals surface area contributed by atoms with Crippen LogP contribution in [0, 0.1) is 13.8 Å². The van der Waals surface area contributed by atoms with Crippen LogP contribution >= 0.6 is 23.2 Å². The third-order valence-electron chi connectivity index (χ3n) is 4.89. The fourth-order valence-corrected chi connectivity index (χ4v) is 3.90. The van der Waals surface area contributed by atoms with E-state index in [1.165, 1.54) is 0 Å². The summed E-state index contributed by atoms with van der Waals surface area (Å²) in [5, 5.41) is 4.89. The molecule has 5 heteroatoms. The number of hydrogen-bond donors (Lipinski definition) is 1. The highest BCUT2D eigenvalue weighted by Crippen LogP contribution is 2.32. The predicted octanol–water partition coefficient (Wildman–Crippen LogP) is 7.08. The number of pyridine rings is 1. The Labute approximate surface area is 179 Å². The van der Waals surface area contributed by atoms with Crippen molar-refractivity contribution in [3.63, 3.8) is 0 Å². The Morgan fingerprint density at radius 1 is 0.897 bits per heavy atom. The number of nitrogens with one attached hydrogen (secondary N) is 1. The van der Waals surface area contributed by atoms with E-state index in [2.05, 4.69) is 5.32 Å². The van der Waals surface area contributed by atoms with Gasteiger partial charge in [0.05, 0.1) is 21.8 Å². The first-order chi connectivity index (χ1) is 13.9. The van der Waals surface area contributed by atoms with Crippen molar-refractivity contribution in [2.75, 3.05) is 5.32 Å². The highest BCUT2D eigenvalue weighted by Gasteiger charge is 2.17. The van der Waals surface area contributed by atoms with Gasteiger partial charge in [-0.1, -0.05) is 59.6 Å². The maximum atomic E-state index is 13.3. The monoisotopic (exact) mass is 420 g/mol. The molecule has 3 aromatic carbocycles. The number of aromatic nitrogens is 1. The molecule has 1 N–H and O–H groups in total. The van der Waals surface area contributed by atoms with Gasteiger partial charge in [-0.25, -0.2) is 4.98 Å². The quantitative estimate of drug-likeness (QED) is 0.384. The number of benzene rings is 3. The smallest absolute Gasteiger partial charge is 0.256 e. The number of aryl methyl sites for hydroxylation is 2. The van der Waals surface area contributed by atoms with Crippen molar-refractivity contribution in [3.8, 4) is 11.3 Å². The lowest BCUT2D eigenvalue weighted by atomic mass is 10.0. The number of hydrogen-bond acceptors (Lipinski definition) is 2. The molecule has 1 amide bonds. The van der Waals surface area contributed by atoms with Gasteiger partial charge in [0.2, 0.25) is 0 Å². The first-order valence-electron chi connectivity index (χ1n) is 9.17. The third kappa shape index (κ3) is 3.84. The van der Waals surface area contributed by atoms with Gasteiger partial charge in [0.1, 0.15) is 0 Å². The molecule has 0 aliphatic rings. The third-order valence-corrected chi connectivity index (χ3v) is 5.44. The van der Waals surface area contributed by atoms with E-state index in [9.17, 15) is 4.79 Å². The molecule has 0 fully saturated rings. The molecule has 0 bridgehead atoms. The molecule has 4 aromatic rings. The van der Waals surface area contributed by atoms with Crippen LogP contribution in [-0.2, 0) is 0 Å². The summed E-state index contributed by atoms with van der Waals surface area (Å²) < 4.78 is 0. The van der Waals surface area contributed by atoms with Crippen molar-refractivity contribution >= 4 is 45.7 Å². The number of fused-ring (bicyclic) bond motifs is 1. The van der Waals surface area contributed by atoms with E-state index in [1.54, 1.807) is 18.2 Å². The van der Waals surface area contributed by atoms with Gasteiger partial charge >= 0.3 is 0 Å². The summed E-state index contributed by atoms with van der Waals surface area (Å²) in [4.78, 5) is 18.0. The van der Waals surface area contributed by atoms with Gasteiger partial charge in [0, 0.05) is 21.7 Å². The van der Waals surface area contributed by atoms with Crippen LogP contribution in [0.2, 0.25) is 10.0 Å². The molecule has 0 aliphatic heterocycles. The number of amides is 1. The normalized spacial score (nSPS) is 10.9. The Balaban J connectivity index is 1.86. The van der Waals surface area contributed by atoms with Gasteiger partial charge in [0.15, 0.2) is 0 Å². The average molecular weight is 421 g/mol. The van der Waals surface area contributed by atoms with Crippen LogP contribution in [0.15, 0.2) is 66.7 Å². The van der Waals surface area contributed by atoms with Crippen LogP contribution < -0.4 is 5.32 Å². The van der Waals surface area contributed by atoms with Gasteiger partial charge in [0.25, 0.3) is 5.91 Å². The lowest BCUT2D eigenvalue weighted by molar-refractivity contribution is 0.102. The molecular weight excluding hydrogens is 403 g/mol. The summed E-state index contributed by atoms with van der Waals surface area (Å²) in [5.74, 6) is -0.188. The number of anilines is 1. The molecule has 0 spiro atoms. The van der Waals surface area contributed by atoms with Gasteiger partial charge in [-0.2, -0.15) is 0 Å². The topological polar surface area (TPSA) is 42.0 Å². The van der Waals surface area contributed by atoms with E-state index in [0.29, 0.717) is 21.3 Å². The Morgan fingerprint density at radius 2 is 1.62 bits per heavy atom. The number of nitrogens with zero attached hydrogens (tertiary/aromatic N) is 1. The van der Waals surface area contributed by atoms with Crippen molar-refractivity contribution in [2.45, 2.75) is 13.8 Å². The van der Waals surface area contributed by atoms with E-state index in [0.717, 1.165) is 33.3 Å². The fraction of sp³-hybridized carbons (Fsp3) is 0.0833. The van der Waals surface area contributed by atoms with E-state index in [-0.39, 0.29) is 5.91 Å². The molecule has 1 aromatic heterocycles. The second kappa shape index (κ2) is 7.86. The first-order valence-corrected chi connectivity index (χ1v) is 9.92. The van der Waals surface area contributed by atoms with Gasteiger partial charge in [-0.15, -0.1) is 0 Å². The standard InChI is InChI=1S/C24H18Cl2N2O/c1-14-6-5-7-15(2)23(14)28-24(29)19-13-22(18-11-10-16(25)12-20(18)26)27-21-9-4-3-8-17(19)21/h3-13H,1-2H3,(H,28,29). The second-order valence-corrected chi connectivity index (χ2v) is 7.76. The fourth-order valence-electron chi connectivity index (χ4n) is 3.39. The van der Waals surface area contributed by atoms with Crippen LogP contribution in [0.25, 0.3) is 22.2 Å². The molecule has 0 unspecified atom stereocenters. The molecule has 0 saturated heterocycles. The van der Waals surface area contributed by atoms with E-state index < -0.39 is 0 Å². The first kappa shape index (κ1) is 19.4. The molecular formula is C24H18Cl2N2O. The highest BCUT2D eigenvalue weighted by atomic mass is 35.5. The Morgan fingerprint density at radius 3 is 2.34 bits per heavy atom.